The molecule has 130 valence electrons. The first kappa shape index (κ1) is 18.1. The van der Waals surface area contributed by atoms with Crippen molar-refractivity contribution in [2.45, 2.75) is 31.9 Å². The van der Waals surface area contributed by atoms with Crippen LogP contribution in [-0.4, -0.2) is 27.1 Å². The molecule has 0 radical (unpaired) electrons. The Labute approximate surface area is 158 Å². The summed E-state index contributed by atoms with van der Waals surface area (Å²) in [6, 6.07) is 5.32. The summed E-state index contributed by atoms with van der Waals surface area (Å²) in [6.07, 6.45) is 0.624. The molecule has 1 aromatic heterocycles. The van der Waals surface area contributed by atoms with E-state index >= 15 is 0 Å². The first-order valence-electron chi connectivity index (χ1n) is 7.66. The van der Waals surface area contributed by atoms with Gasteiger partial charge in [0.1, 0.15) is 5.25 Å². The molecule has 0 spiro atoms. The standard InChI is InChI=1S/C17H16ClN3O2S2/c1-9-3-4-11(5-12(9)18)20-14(22)6-13-17(23)21-16(25-13)7-15-19-10(2)8-24-15/h3-5,8,13H,6-7H2,1-2H3,(H,20,22)/t13-/m0/s1. The lowest BCUT2D eigenvalue weighted by atomic mass is 10.2. The SMILES string of the molecule is Cc1csc(CC2=NC(=O)[C@H](CC(=O)Nc3ccc(C)c(Cl)c3)S2)n1. The zero-order valence-corrected chi connectivity index (χ0v) is 16.1. The van der Waals surface area contributed by atoms with Crippen LogP contribution in [0.25, 0.3) is 0 Å². The predicted molar refractivity (Wildman–Crippen MR) is 104 cm³/mol. The van der Waals surface area contributed by atoms with Gasteiger partial charge in [0.25, 0.3) is 5.91 Å². The number of aliphatic imine (C=N–C) groups is 1. The minimum Gasteiger partial charge on any atom is -0.326 e. The summed E-state index contributed by atoms with van der Waals surface area (Å²) >= 11 is 8.95. The van der Waals surface area contributed by atoms with Crippen molar-refractivity contribution in [1.82, 2.24) is 4.98 Å². The number of halogens is 1. The van der Waals surface area contributed by atoms with E-state index in [0.717, 1.165) is 21.3 Å². The lowest BCUT2D eigenvalue weighted by Crippen LogP contribution is -2.21. The van der Waals surface area contributed by atoms with E-state index in [1.807, 2.05) is 25.3 Å². The molecule has 2 aromatic rings. The number of benzene rings is 1. The summed E-state index contributed by atoms with van der Waals surface area (Å²) in [5.74, 6) is -0.488. The van der Waals surface area contributed by atoms with E-state index in [4.69, 9.17) is 11.6 Å². The zero-order valence-electron chi connectivity index (χ0n) is 13.7. The summed E-state index contributed by atoms with van der Waals surface area (Å²) in [5, 5.41) is 6.50. The Morgan fingerprint density at radius 1 is 1.36 bits per heavy atom. The third kappa shape index (κ3) is 4.68. The van der Waals surface area contributed by atoms with Crippen molar-refractivity contribution < 1.29 is 9.59 Å². The second-order valence-electron chi connectivity index (χ2n) is 5.73. The van der Waals surface area contributed by atoms with Crippen molar-refractivity contribution in [1.29, 1.82) is 0 Å². The fourth-order valence-corrected chi connectivity index (χ4v) is 4.44. The molecule has 1 aliphatic rings. The number of thiazole rings is 1. The van der Waals surface area contributed by atoms with Crippen LogP contribution in [0.1, 0.15) is 22.7 Å². The number of rotatable bonds is 5. The van der Waals surface area contributed by atoms with Gasteiger partial charge in [-0.2, -0.15) is 0 Å². The van der Waals surface area contributed by atoms with Crippen molar-refractivity contribution in [3.63, 3.8) is 0 Å². The predicted octanol–water partition coefficient (Wildman–Crippen LogP) is 4.03. The maximum atomic E-state index is 12.2. The second kappa shape index (κ2) is 7.68. The first-order valence-corrected chi connectivity index (χ1v) is 9.79. The summed E-state index contributed by atoms with van der Waals surface area (Å²) in [4.78, 5) is 32.7. The van der Waals surface area contributed by atoms with Crippen molar-refractivity contribution in [3.8, 4) is 0 Å². The topological polar surface area (TPSA) is 71.4 Å². The Morgan fingerprint density at radius 2 is 2.16 bits per heavy atom. The summed E-state index contributed by atoms with van der Waals surface area (Å²) < 4.78 is 0. The fraction of sp³-hybridized carbons (Fsp3) is 0.294. The lowest BCUT2D eigenvalue weighted by Gasteiger charge is -2.09. The highest BCUT2D eigenvalue weighted by atomic mass is 35.5. The lowest BCUT2D eigenvalue weighted by molar-refractivity contribution is -0.121. The van der Waals surface area contributed by atoms with Gasteiger partial charge in [-0.25, -0.2) is 9.98 Å². The van der Waals surface area contributed by atoms with Gasteiger partial charge in [-0.3, -0.25) is 9.59 Å². The molecule has 0 saturated heterocycles. The van der Waals surface area contributed by atoms with E-state index in [-0.39, 0.29) is 18.2 Å². The normalized spacial score (nSPS) is 16.8. The van der Waals surface area contributed by atoms with E-state index in [1.165, 1.54) is 11.8 Å². The van der Waals surface area contributed by atoms with Gasteiger partial charge in [0.05, 0.1) is 10.1 Å². The Kier molecular flexibility index (Phi) is 5.56. The summed E-state index contributed by atoms with van der Waals surface area (Å²) in [7, 11) is 0. The van der Waals surface area contributed by atoms with E-state index in [0.29, 0.717) is 17.1 Å². The average Bonchev–Trinajstić information content (AvgIpc) is 3.09. The maximum Gasteiger partial charge on any atom is 0.260 e. The molecule has 1 aliphatic heterocycles. The van der Waals surface area contributed by atoms with Crippen molar-refractivity contribution in [2.75, 3.05) is 5.32 Å². The van der Waals surface area contributed by atoms with Crippen molar-refractivity contribution >= 4 is 57.2 Å². The van der Waals surface area contributed by atoms with Crippen LogP contribution >= 0.6 is 34.7 Å². The molecule has 0 bridgehead atoms. The van der Waals surface area contributed by atoms with E-state index in [2.05, 4.69) is 15.3 Å². The van der Waals surface area contributed by atoms with Crippen LogP contribution in [0.4, 0.5) is 5.69 Å². The van der Waals surface area contributed by atoms with Gasteiger partial charge in [0.15, 0.2) is 0 Å². The minimum absolute atomic E-state index is 0.0822. The van der Waals surface area contributed by atoms with Crippen LogP contribution in [0, 0.1) is 13.8 Å². The average molecular weight is 394 g/mol. The third-order valence-corrected chi connectivity index (χ3v) is 6.12. The molecule has 2 heterocycles. The first-order chi connectivity index (χ1) is 11.9. The number of carbonyl (C=O) groups is 2. The van der Waals surface area contributed by atoms with Gasteiger partial charge in [-0.05, 0) is 31.5 Å². The molecule has 1 atom stereocenters. The van der Waals surface area contributed by atoms with Gasteiger partial charge >= 0.3 is 0 Å². The van der Waals surface area contributed by atoms with Gasteiger partial charge in [0, 0.05) is 34.6 Å². The molecular formula is C17H16ClN3O2S2. The van der Waals surface area contributed by atoms with Crippen LogP contribution in [0.2, 0.25) is 5.02 Å². The monoisotopic (exact) mass is 393 g/mol. The second-order valence-corrected chi connectivity index (χ2v) is 8.35. The number of amides is 2. The molecule has 0 aliphatic carbocycles. The number of hydrogen-bond donors (Lipinski definition) is 1. The maximum absolute atomic E-state index is 12.2. The highest BCUT2D eigenvalue weighted by Crippen LogP contribution is 2.28. The fourth-order valence-electron chi connectivity index (χ4n) is 2.31. The van der Waals surface area contributed by atoms with Crippen LogP contribution in [0.15, 0.2) is 28.6 Å². The van der Waals surface area contributed by atoms with E-state index in [1.54, 1.807) is 23.5 Å². The van der Waals surface area contributed by atoms with Gasteiger partial charge in [-0.1, -0.05) is 29.4 Å². The summed E-state index contributed by atoms with van der Waals surface area (Å²) in [5.41, 5.74) is 2.52. The number of hydrogen-bond acceptors (Lipinski definition) is 5. The van der Waals surface area contributed by atoms with Crippen LogP contribution in [0.3, 0.4) is 0 Å². The van der Waals surface area contributed by atoms with Gasteiger partial charge in [-0.15, -0.1) is 11.3 Å². The van der Waals surface area contributed by atoms with Crippen molar-refractivity contribution in [3.05, 3.63) is 44.9 Å². The minimum atomic E-state index is -0.475. The molecule has 0 fully saturated rings. The number of nitrogens with zero attached hydrogens (tertiary/aromatic N) is 2. The number of anilines is 1. The number of aromatic nitrogens is 1. The molecule has 5 nitrogen and oxygen atoms in total. The molecule has 0 unspecified atom stereocenters. The van der Waals surface area contributed by atoms with E-state index in [9.17, 15) is 9.59 Å². The Morgan fingerprint density at radius 3 is 2.84 bits per heavy atom. The molecule has 2 amide bonds. The van der Waals surface area contributed by atoms with Crippen molar-refractivity contribution in [2.24, 2.45) is 4.99 Å². The molecular weight excluding hydrogens is 378 g/mol. The zero-order chi connectivity index (χ0) is 18.0. The number of carbonyl (C=O) groups excluding carboxylic acids is 2. The number of aryl methyl sites for hydroxylation is 2. The third-order valence-electron chi connectivity index (χ3n) is 3.58. The molecule has 25 heavy (non-hydrogen) atoms. The van der Waals surface area contributed by atoms with Gasteiger partial charge < -0.3 is 5.32 Å². The quantitative estimate of drug-likeness (QED) is 0.832. The largest absolute Gasteiger partial charge is 0.326 e. The highest BCUT2D eigenvalue weighted by molar-refractivity contribution is 8.15. The van der Waals surface area contributed by atoms with Gasteiger partial charge in [0.2, 0.25) is 5.91 Å². The molecule has 8 heteroatoms. The van der Waals surface area contributed by atoms with Crippen LogP contribution < -0.4 is 5.32 Å². The molecule has 3 rings (SSSR count). The van der Waals surface area contributed by atoms with E-state index < -0.39 is 5.25 Å². The Balaban J connectivity index is 1.55. The Bertz CT molecular complexity index is 863. The Hall–Kier alpha value is -1.70. The van der Waals surface area contributed by atoms with Crippen LogP contribution in [0.5, 0.6) is 0 Å². The smallest absolute Gasteiger partial charge is 0.260 e. The molecule has 1 N–H and O–H groups in total. The summed E-state index contributed by atoms with van der Waals surface area (Å²) in [6.45, 7) is 3.82. The molecule has 0 saturated carbocycles. The molecule has 1 aromatic carbocycles. The number of nitrogens with one attached hydrogen (secondary N) is 1. The number of thioether (sulfide) groups is 1. The van der Waals surface area contributed by atoms with Crippen LogP contribution in [-0.2, 0) is 16.0 Å². The highest BCUT2D eigenvalue weighted by Gasteiger charge is 2.30.